The van der Waals surface area contributed by atoms with Gasteiger partial charge in [-0.3, -0.25) is 9.98 Å². The molecule has 2 rings (SSSR count). The zero-order valence-corrected chi connectivity index (χ0v) is 25.9. The molecule has 0 saturated carbocycles. The Morgan fingerprint density at radius 2 is 1.00 bits per heavy atom. The SMILES string of the molecule is CC(C)N=Cc1cc(I)cc(I)c1O.CC(C)N=Cc1cc(I)cc(I)c1O.[Co]. The van der Waals surface area contributed by atoms with E-state index in [2.05, 4.69) is 100 Å². The first-order valence-corrected chi connectivity index (χ1v) is 12.7. The Bertz CT molecular complexity index is 801. The van der Waals surface area contributed by atoms with Gasteiger partial charge in [0.1, 0.15) is 11.5 Å². The van der Waals surface area contributed by atoms with E-state index in [-0.39, 0.29) is 28.9 Å². The van der Waals surface area contributed by atoms with Crippen molar-refractivity contribution in [2.75, 3.05) is 0 Å². The second-order valence-corrected chi connectivity index (χ2v) is 11.2. The second kappa shape index (κ2) is 14.8. The summed E-state index contributed by atoms with van der Waals surface area (Å²) in [7, 11) is 0. The van der Waals surface area contributed by atoms with Crippen LogP contribution in [-0.2, 0) is 16.8 Å². The van der Waals surface area contributed by atoms with Crippen molar-refractivity contribution in [2.24, 2.45) is 9.98 Å². The van der Waals surface area contributed by atoms with Crippen LogP contribution in [-0.4, -0.2) is 34.7 Å². The minimum atomic E-state index is 0. The monoisotopic (exact) mass is 889 g/mol. The molecule has 4 nitrogen and oxygen atoms in total. The van der Waals surface area contributed by atoms with Crippen molar-refractivity contribution in [3.8, 4) is 11.5 Å². The van der Waals surface area contributed by atoms with Crippen molar-refractivity contribution in [3.63, 3.8) is 0 Å². The predicted octanol–water partition coefficient (Wildman–Crippen LogP) is 6.85. The predicted molar refractivity (Wildman–Crippen MR) is 153 cm³/mol. The van der Waals surface area contributed by atoms with Gasteiger partial charge in [0.25, 0.3) is 0 Å². The molecule has 0 bridgehead atoms. The maximum absolute atomic E-state index is 9.73. The molecule has 0 atom stereocenters. The van der Waals surface area contributed by atoms with Gasteiger partial charge in [0.2, 0.25) is 0 Å². The zero-order valence-electron chi connectivity index (χ0n) is 16.3. The fourth-order valence-electron chi connectivity index (χ4n) is 1.83. The van der Waals surface area contributed by atoms with E-state index < -0.39 is 0 Å². The number of hydrogen-bond donors (Lipinski definition) is 2. The van der Waals surface area contributed by atoms with Gasteiger partial charge in [0.05, 0.1) is 7.14 Å². The first kappa shape index (κ1) is 29.8. The molecule has 0 aliphatic heterocycles. The van der Waals surface area contributed by atoms with Crippen LogP contribution in [0.4, 0.5) is 0 Å². The molecule has 0 aliphatic rings. The number of aliphatic imine (C=N–C) groups is 2. The van der Waals surface area contributed by atoms with Gasteiger partial charge in [-0.2, -0.15) is 0 Å². The Kier molecular flexibility index (Phi) is 15.2. The van der Waals surface area contributed by atoms with Gasteiger partial charge < -0.3 is 10.2 Å². The molecule has 0 aromatic heterocycles. The van der Waals surface area contributed by atoms with E-state index in [1.54, 1.807) is 12.4 Å². The van der Waals surface area contributed by atoms with Crippen LogP contribution in [0.15, 0.2) is 34.3 Å². The van der Waals surface area contributed by atoms with Crippen LogP contribution in [0.5, 0.6) is 11.5 Å². The van der Waals surface area contributed by atoms with Crippen LogP contribution in [0.1, 0.15) is 38.8 Å². The van der Waals surface area contributed by atoms with Crippen molar-refractivity contribution in [2.45, 2.75) is 39.8 Å². The Hall–Kier alpha value is 0.806. The third kappa shape index (κ3) is 11.3. The van der Waals surface area contributed by atoms with E-state index in [1.165, 1.54) is 0 Å². The van der Waals surface area contributed by atoms with Gasteiger partial charge >= 0.3 is 0 Å². The second-order valence-electron chi connectivity index (χ2n) is 6.39. The van der Waals surface area contributed by atoms with Crippen molar-refractivity contribution in [1.82, 2.24) is 0 Å². The van der Waals surface area contributed by atoms with Gasteiger partial charge in [-0.15, -0.1) is 0 Å². The van der Waals surface area contributed by atoms with Crippen LogP contribution >= 0.6 is 90.4 Å². The number of halogens is 4. The number of hydrogen-bond acceptors (Lipinski definition) is 4. The van der Waals surface area contributed by atoms with Crippen molar-refractivity contribution < 1.29 is 27.0 Å². The van der Waals surface area contributed by atoms with Gasteiger partial charge in [-0.25, -0.2) is 0 Å². The average molecular weight is 889 g/mol. The molecule has 0 saturated heterocycles. The maximum Gasteiger partial charge on any atom is 0.137 e. The molecule has 0 amide bonds. The third-order valence-corrected chi connectivity index (χ3v) is 6.03. The molecule has 29 heavy (non-hydrogen) atoms. The van der Waals surface area contributed by atoms with Gasteiger partial charge in [0, 0.05) is 59.6 Å². The van der Waals surface area contributed by atoms with Crippen molar-refractivity contribution in [3.05, 3.63) is 49.7 Å². The largest absolute Gasteiger partial charge is 0.506 e. The quantitative estimate of drug-likeness (QED) is 0.261. The molecule has 1 radical (unpaired) electrons. The van der Waals surface area contributed by atoms with E-state index in [0.717, 1.165) is 25.4 Å². The van der Waals surface area contributed by atoms with E-state index in [4.69, 9.17) is 0 Å². The van der Waals surface area contributed by atoms with Crippen LogP contribution in [0.2, 0.25) is 0 Å². The summed E-state index contributed by atoms with van der Waals surface area (Å²) in [5.74, 6) is 0.630. The summed E-state index contributed by atoms with van der Waals surface area (Å²) in [6.07, 6.45) is 3.45. The van der Waals surface area contributed by atoms with Gasteiger partial charge in [0.15, 0.2) is 0 Å². The maximum atomic E-state index is 9.73. The molecule has 0 aliphatic carbocycles. The van der Waals surface area contributed by atoms with Crippen LogP contribution in [0.25, 0.3) is 0 Å². The molecular weight excluding hydrogens is 867 g/mol. The smallest absolute Gasteiger partial charge is 0.137 e. The van der Waals surface area contributed by atoms with Crippen molar-refractivity contribution in [1.29, 1.82) is 0 Å². The van der Waals surface area contributed by atoms with Gasteiger partial charge in [-0.1, -0.05) is 0 Å². The summed E-state index contributed by atoms with van der Waals surface area (Å²) in [6.45, 7) is 8.03. The average Bonchev–Trinajstić information content (AvgIpc) is 2.59. The molecule has 0 spiro atoms. The number of rotatable bonds is 4. The number of phenols is 2. The Morgan fingerprint density at radius 1 is 0.690 bits per heavy atom. The van der Waals surface area contributed by atoms with E-state index in [1.807, 2.05) is 52.0 Å². The van der Waals surface area contributed by atoms with E-state index in [9.17, 15) is 10.2 Å². The molecule has 0 fully saturated rings. The van der Waals surface area contributed by atoms with E-state index in [0.29, 0.717) is 11.5 Å². The molecule has 161 valence electrons. The summed E-state index contributed by atoms with van der Waals surface area (Å²) in [5, 5.41) is 19.5. The Balaban J connectivity index is 0.000000523. The minimum absolute atomic E-state index is 0. The molecule has 0 heterocycles. The minimum Gasteiger partial charge on any atom is -0.506 e. The standard InChI is InChI=1S/2C10H11I2NO.Co/c2*1-6(2)13-5-7-3-8(11)4-9(12)10(7)14;/h2*3-6,14H,1-2H3;. The van der Waals surface area contributed by atoms with Crippen LogP contribution < -0.4 is 0 Å². The normalized spacial score (nSPS) is 11.1. The Morgan fingerprint density at radius 3 is 1.28 bits per heavy atom. The molecular formula is C20H22CoI4N2O2. The Labute approximate surface area is 237 Å². The third-order valence-electron chi connectivity index (χ3n) is 3.14. The molecule has 2 aromatic carbocycles. The summed E-state index contributed by atoms with van der Waals surface area (Å²) in [4.78, 5) is 8.49. The summed E-state index contributed by atoms with van der Waals surface area (Å²) in [6, 6.07) is 8.22. The number of aromatic hydroxyl groups is 2. The van der Waals surface area contributed by atoms with Crippen LogP contribution in [0, 0.1) is 14.3 Å². The fraction of sp³-hybridized carbons (Fsp3) is 0.300. The van der Waals surface area contributed by atoms with Gasteiger partial charge in [-0.05, 0) is 142 Å². The molecule has 0 unspecified atom stereocenters. The molecule has 2 N–H and O–H groups in total. The fourth-order valence-corrected chi connectivity index (χ4v) is 5.61. The topological polar surface area (TPSA) is 65.2 Å². The number of nitrogens with zero attached hydrogens (tertiary/aromatic N) is 2. The summed E-state index contributed by atoms with van der Waals surface area (Å²) < 4.78 is 3.93. The molecule has 2 aromatic rings. The first-order valence-electron chi connectivity index (χ1n) is 8.43. The number of benzene rings is 2. The van der Waals surface area contributed by atoms with Crippen molar-refractivity contribution >= 4 is 103 Å². The first-order chi connectivity index (χ1) is 13.0. The van der Waals surface area contributed by atoms with Crippen LogP contribution in [0.3, 0.4) is 0 Å². The zero-order chi connectivity index (χ0) is 21.4. The number of phenolic OH excluding ortho intramolecular Hbond substituents is 2. The summed E-state index contributed by atoms with van der Waals surface area (Å²) >= 11 is 8.69. The summed E-state index contributed by atoms with van der Waals surface area (Å²) in [5.41, 5.74) is 1.57. The van der Waals surface area contributed by atoms with E-state index >= 15 is 0 Å². The molecule has 9 heteroatoms.